The summed E-state index contributed by atoms with van der Waals surface area (Å²) < 4.78 is 11.3. The highest BCUT2D eigenvalue weighted by Gasteiger charge is 2.26. The maximum atomic E-state index is 13.0. The van der Waals surface area contributed by atoms with Crippen LogP contribution in [0.3, 0.4) is 0 Å². The van der Waals surface area contributed by atoms with Gasteiger partial charge in [0.05, 0.1) is 12.5 Å². The topological polar surface area (TPSA) is 64.8 Å². The Balaban J connectivity index is 1.93. The summed E-state index contributed by atoms with van der Waals surface area (Å²) in [5.74, 6) is 1.14. The predicted molar refractivity (Wildman–Crippen MR) is 100 cm³/mol. The molecule has 0 spiro atoms. The van der Waals surface area contributed by atoms with E-state index in [2.05, 4.69) is 19.1 Å². The molecular weight excluding hydrogens is 336 g/mol. The van der Waals surface area contributed by atoms with Gasteiger partial charge in [0.15, 0.2) is 11.5 Å². The van der Waals surface area contributed by atoms with Gasteiger partial charge in [-0.05, 0) is 38.1 Å². The fourth-order valence-corrected chi connectivity index (χ4v) is 3.57. The van der Waals surface area contributed by atoms with E-state index in [0.717, 1.165) is 16.3 Å². The zero-order valence-corrected chi connectivity index (χ0v) is 15.6. The van der Waals surface area contributed by atoms with Gasteiger partial charge >= 0.3 is 0 Å². The third-order valence-corrected chi connectivity index (χ3v) is 5.38. The second-order valence-electron chi connectivity index (χ2n) is 6.41. The lowest BCUT2D eigenvalue weighted by Gasteiger charge is -2.28. The molecule has 0 fully saturated rings. The Morgan fingerprint density at radius 1 is 1.20 bits per heavy atom. The van der Waals surface area contributed by atoms with Gasteiger partial charge < -0.3 is 20.1 Å². The minimum atomic E-state index is -0.269. The molecule has 25 heavy (non-hydrogen) atoms. The van der Waals surface area contributed by atoms with E-state index >= 15 is 0 Å². The minimum Gasteiger partial charge on any atom is -0.486 e. The summed E-state index contributed by atoms with van der Waals surface area (Å²) in [6.45, 7) is 7.39. The van der Waals surface area contributed by atoms with Crippen LogP contribution in [0, 0.1) is 12.8 Å². The number of thiophene rings is 1. The first-order valence-electron chi connectivity index (χ1n) is 8.47. The molecule has 1 aromatic heterocycles. The van der Waals surface area contributed by atoms with Crippen LogP contribution in [-0.4, -0.2) is 25.2 Å². The van der Waals surface area contributed by atoms with Gasteiger partial charge in [-0.3, -0.25) is 4.79 Å². The third kappa shape index (κ3) is 3.96. The Morgan fingerprint density at radius 3 is 2.56 bits per heavy atom. The maximum Gasteiger partial charge on any atom is 0.231 e. The molecule has 2 heterocycles. The van der Waals surface area contributed by atoms with Crippen LogP contribution < -0.4 is 20.1 Å². The number of hydrogen-bond donors (Lipinski definition) is 1. The number of fused-ring (bicyclic) bond motifs is 1. The zero-order valence-electron chi connectivity index (χ0n) is 14.8. The molecule has 1 aliphatic rings. The summed E-state index contributed by atoms with van der Waals surface area (Å²) >= 11 is 1.70. The van der Waals surface area contributed by atoms with Gasteiger partial charge in [-0.15, -0.1) is 11.3 Å². The van der Waals surface area contributed by atoms with E-state index in [1.807, 2.05) is 32.0 Å². The lowest BCUT2D eigenvalue weighted by Crippen LogP contribution is -2.41. The van der Waals surface area contributed by atoms with E-state index in [1.54, 1.807) is 16.2 Å². The summed E-state index contributed by atoms with van der Waals surface area (Å²) in [5.41, 5.74) is 6.77. The largest absolute Gasteiger partial charge is 0.486 e. The number of benzene rings is 1. The number of rotatable bonds is 5. The molecule has 134 valence electrons. The molecule has 0 radical (unpaired) electrons. The van der Waals surface area contributed by atoms with Gasteiger partial charge in [0.1, 0.15) is 13.2 Å². The Hall–Kier alpha value is -2.05. The smallest absolute Gasteiger partial charge is 0.231 e. The van der Waals surface area contributed by atoms with E-state index in [0.29, 0.717) is 25.5 Å². The highest BCUT2D eigenvalue weighted by atomic mass is 32.1. The molecule has 3 rings (SSSR count). The monoisotopic (exact) mass is 360 g/mol. The number of hydrogen-bond acceptors (Lipinski definition) is 5. The number of aryl methyl sites for hydroxylation is 1. The lowest BCUT2D eigenvalue weighted by molar-refractivity contribution is -0.122. The van der Waals surface area contributed by atoms with Crippen molar-refractivity contribution >= 4 is 22.9 Å². The fourth-order valence-electron chi connectivity index (χ4n) is 2.69. The first-order valence-corrected chi connectivity index (χ1v) is 9.29. The van der Waals surface area contributed by atoms with Gasteiger partial charge in [-0.2, -0.15) is 0 Å². The number of carbonyl (C=O) groups excluding carboxylic acids is 1. The van der Waals surface area contributed by atoms with Crippen LogP contribution >= 0.6 is 11.3 Å². The quantitative estimate of drug-likeness (QED) is 0.888. The first-order chi connectivity index (χ1) is 12.0. The van der Waals surface area contributed by atoms with Crippen LogP contribution in [0.2, 0.25) is 0 Å². The van der Waals surface area contributed by atoms with Crippen molar-refractivity contribution in [1.29, 1.82) is 0 Å². The van der Waals surface area contributed by atoms with Crippen molar-refractivity contribution < 1.29 is 14.3 Å². The zero-order chi connectivity index (χ0) is 18.0. The Bertz CT molecular complexity index is 757. The minimum absolute atomic E-state index is 0.0118. The molecule has 0 saturated heterocycles. The van der Waals surface area contributed by atoms with Gasteiger partial charge in [-0.25, -0.2) is 0 Å². The molecule has 1 aromatic carbocycles. The van der Waals surface area contributed by atoms with Crippen LogP contribution in [0.25, 0.3) is 0 Å². The van der Waals surface area contributed by atoms with Crippen molar-refractivity contribution in [3.63, 3.8) is 0 Å². The van der Waals surface area contributed by atoms with Crippen LogP contribution in [0.1, 0.15) is 23.6 Å². The van der Waals surface area contributed by atoms with Gasteiger partial charge in [-0.1, -0.05) is 6.92 Å². The standard InChI is InChI=1S/C19H24N2O3S/c1-12-4-6-16(25-12)11-21(19(22)13(2)14(3)20)15-5-7-17-18(10-15)24-9-8-23-17/h4-7,10,13-14H,8-9,11,20H2,1-3H3. The van der Waals surface area contributed by atoms with Crippen molar-refractivity contribution in [2.45, 2.75) is 33.4 Å². The normalized spacial score (nSPS) is 15.5. The molecule has 0 aliphatic carbocycles. The Labute approximate surface area is 152 Å². The number of carbonyl (C=O) groups is 1. The molecule has 0 bridgehead atoms. The van der Waals surface area contributed by atoms with E-state index in [-0.39, 0.29) is 17.9 Å². The van der Waals surface area contributed by atoms with Crippen LogP contribution in [0.4, 0.5) is 5.69 Å². The highest BCUT2D eigenvalue weighted by Crippen LogP contribution is 2.35. The molecule has 2 unspecified atom stereocenters. The molecule has 5 nitrogen and oxygen atoms in total. The van der Waals surface area contributed by atoms with Crippen LogP contribution in [0.5, 0.6) is 11.5 Å². The van der Waals surface area contributed by atoms with Gasteiger partial charge in [0.2, 0.25) is 5.91 Å². The number of anilines is 1. The molecule has 1 amide bonds. The van der Waals surface area contributed by atoms with E-state index in [4.69, 9.17) is 15.2 Å². The number of nitrogens with two attached hydrogens (primary N) is 1. The van der Waals surface area contributed by atoms with Crippen molar-refractivity contribution in [2.24, 2.45) is 11.7 Å². The van der Waals surface area contributed by atoms with Crippen LogP contribution in [-0.2, 0) is 11.3 Å². The number of amides is 1. The molecule has 1 aliphatic heterocycles. The Kier molecular flexibility index (Phi) is 5.30. The highest BCUT2D eigenvalue weighted by molar-refractivity contribution is 7.11. The van der Waals surface area contributed by atoms with E-state index < -0.39 is 0 Å². The summed E-state index contributed by atoms with van der Waals surface area (Å²) in [5, 5.41) is 0. The average Bonchev–Trinajstić information content (AvgIpc) is 3.03. The van der Waals surface area contributed by atoms with Crippen molar-refractivity contribution in [3.05, 3.63) is 40.1 Å². The van der Waals surface area contributed by atoms with Crippen LogP contribution in [0.15, 0.2) is 30.3 Å². The SMILES string of the molecule is Cc1ccc(CN(C(=O)C(C)C(C)N)c2ccc3c(c2)OCCO3)s1. The van der Waals surface area contributed by atoms with Crippen molar-refractivity contribution in [2.75, 3.05) is 18.1 Å². The summed E-state index contributed by atoms with van der Waals surface area (Å²) in [6.07, 6.45) is 0. The summed E-state index contributed by atoms with van der Waals surface area (Å²) in [6, 6.07) is 9.56. The summed E-state index contributed by atoms with van der Waals surface area (Å²) in [7, 11) is 0. The maximum absolute atomic E-state index is 13.0. The molecule has 2 atom stereocenters. The second kappa shape index (κ2) is 7.45. The first kappa shape index (κ1) is 17.8. The third-order valence-electron chi connectivity index (χ3n) is 4.39. The molecule has 0 saturated carbocycles. The van der Waals surface area contributed by atoms with Gasteiger partial charge in [0, 0.05) is 27.5 Å². The van der Waals surface area contributed by atoms with Gasteiger partial charge in [0.25, 0.3) is 0 Å². The Morgan fingerprint density at radius 2 is 1.92 bits per heavy atom. The van der Waals surface area contributed by atoms with E-state index in [1.165, 1.54) is 4.88 Å². The number of nitrogens with zero attached hydrogens (tertiary/aromatic N) is 1. The molecule has 2 aromatic rings. The molecule has 6 heteroatoms. The van der Waals surface area contributed by atoms with Crippen molar-refractivity contribution in [3.8, 4) is 11.5 Å². The average molecular weight is 360 g/mol. The van der Waals surface area contributed by atoms with E-state index in [9.17, 15) is 4.79 Å². The van der Waals surface area contributed by atoms with Crippen molar-refractivity contribution in [1.82, 2.24) is 0 Å². The fraction of sp³-hybridized carbons (Fsp3) is 0.421. The molecule has 2 N–H and O–H groups in total. The second-order valence-corrected chi connectivity index (χ2v) is 7.78. The predicted octanol–water partition coefficient (Wildman–Crippen LogP) is 3.34. The number of ether oxygens (including phenoxy) is 2. The molecular formula is C19H24N2O3S. The summed E-state index contributed by atoms with van der Waals surface area (Å²) in [4.78, 5) is 17.2. The lowest BCUT2D eigenvalue weighted by atomic mass is 10.0.